The molecule has 0 atom stereocenters. The number of aromatic nitrogens is 3. The highest BCUT2D eigenvalue weighted by atomic mass is 32.1. The maximum absolute atomic E-state index is 5.44. The summed E-state index contributed by atoms with van der Waals surface area (Å²) in [5.41, 5.74) is 0.790. The van der Waals surface area contributed by atoms with Crippen molar-refractivity contribution in [3.63, 3.8) is 0 Å². The molecule has 0 saturated heterocycles. The van der Waals surface area contributed by atoms with E-state index in [-0.39, 0.29) is 0 Å². The van der Waals surface area contributed by atoms with Gasteiger partial charge in [-0.25, -0.2) is 0 Å². The molecule has 108 valence electrons. The predicted octanol–water partition coefficient (Wildman–Crippen LogP) is 2.92. The van der Waals surface area contributed by atoms with Gasteiger partial charge in [0.2, 0.25) is 0 Å². The number of rotatable bonds is 6. The van der Waals surface area contributed by atoms with Gasteiger partial charge in [-0.15, -0.1) is 22.8 Å². The summed E-state index contributed by atoms with van der Waals surface area (Å²) in [6.07, 6.45) is 2.98. The summed E-state index contributed by atoms with van der Waals surface area (Å²) in [7, 11) is 3.26. The second-order valence-electron chi connectivity index (χ2n) is 4.37. The van der Waals surface area contributed by atoms with Crippen molar-refractivity contribution in [2.45, 2.75) is 31.3 Å². The van der Waals surface area contributed by atoms with Gasteiger partial charge in [0.25, 0.3) is 0 Å². The first-order valence-corrected chi connectivity index (χ1v) is 7.02. The van der Waals surface area contributed by atoms with Gasteiger partial charge in [-0.05, 0) is 18.6 Å². The molecule has 0 fully saturated rings. The highest BCUT2D eigenvalue weighted by Crippen LogP contribution is 2.34. The first-order valence-electron chi connectivity index (χ1n) is 6.57. The molecule has 0 aliphatic heterocycles. The summed E-state index contributed by atoms with van der Waals surface area (Å²) < 4.78 is 12.8. The smallest absolute Gasteiger partial charge is 0.192 e. The van der Waals surface area contributed by atoms with Gasteiger partial charge < -0.3 is 9.47 Å². The SMILES string of the molecule is CCCCc1nnc(S)n1-c1c(OC)cccc1OC. The minimum atomic E-state index is 0.527. The zero-order chi connectivity index (χ0) is 14.5. The second kappa shape index (κ2) is 6.65. The summed E-state index contributed by atoms with van der Waals surface area (Å²) in [5.74, 6) is 2.27. The van der Waals surface area contributed by atoms with Crippen LogP contribution in [0.15, 0.2) is 23.4 Å². The molecule has 2 rings (SSSR count). The van der Waals surface area contributed by atoms with E-state index in [0.29, 0.717) is 16.7 Å². The molecule has 1 heterocycles. The summed E-state index contributed by atoms with van der Waals surface area (Å²) in [5, 5.41) is 8.80. The Labute approximate surface area is 124 Å². The molecule has 0 aliphatic carbocycles. The van der Waals surface area contributed by atoms with Crippen LogP contribution >= 0.6 is 12.6 Å². The van der Waals surface area contributed by atoms with E-state index in [1.807, 2.05) is 22.8 Å². The van der Waals surface area contributed by atoms with Crippen molar-refractivity contribution in [2.24, 2.45) is 0 Å². The van der Waals surface area contributed by atoms with Crippen molar-refractivity contribution in [1.82, 2.24) is 14.8 Å². The fraction of sp³-hybridized carbons (Fsp3) is 0.429. The zero-order valence-electron chi connectivity index (χ0n) is 12.0. The topological polar surface area (TPSA) is 49.2 Å². The van der Waals surface area contributed by atoms with Crippen LogP contribution in [0, 0.1) is 0 Å². The fourth-order valence-corrected chi connectivity index (χ4v) is 2.35. The van der Waals surface area contributed by atoms with Gasteiger partial charge in [-0.1, -0.05) is 19.4 Å². The van der Waals surface area contributed by atoms with Crippen LogP contribution in [0.25, 0.3) is 5.69 Å². The second-order valence-corrected chi connectivity index (χ2v) is 4.77. The third kappa shape index (κ3) is 2.75. The molecule has 6 heteroatoms. The molecule has 1 aromatic carbocycles. The largest absolute Gasteiger partial charge is 0.494 e. The number of hydrogen-bond acceptors (Lipinski definition) is 5. The Hall–Kier alpha value is -1.69. The Bertz CT molecular complexity index is 562. The van der Waals surface area contributed by atoms with Crippen molar-refractivity contribution in [3.05, 3.63) is 24.0 Å². The van der Waals surface area contributed by atoms with Crippen molar-refractivity contribution in [3.8, 4) is 17.2 Å². The average Bonchev–Trinajstić information content (AvgIpc) is 2.84. The van der Waals surface area contributed by atoms with E-state index in [9.17, 15) is 0 Å². The van der Waals surface area contributed by atoms with Gasteiger partial charge in [-0.2, -0.15) is 0 Å². The normalized spacial score (nSPS) is 10.6. The lowest BCUT2D eigenvalue weighted by molar-refractivity contribution is 0.389. The van der Waals surface area contributed by atoms with Gasteiger partial charge in [0.05, 0.1) is 14.2 Å². The molecule has 20 heavy (non-hydrogen) atoms. The molecule has 1 aromatic heterocycles. The lowest BCUT2D eigenvalue weighted by atomic mass is 10.2. The Balaban J connectivity index is 2.58. The highest BCUT2D eigenvalue weighted by Gasteiger charge is 2.19. The maximum Gasteiger partial charge on any atom is 0.192 e. The third-order valence-electron chi connectivity index (χ3n) is 3.09. The van der Waals surface area contributed by atoms with Crippen LogP contribution in [0.5, 0.6) is 11.5 Å². The van der Waals surface area contributed by atoms with Crippen molar-refractivity contribution >= 4 is 12.6 Å². The number of para-hydroxylation sites is 1. The predicted molar refractivity (Wildman–Crippen MR) is 80.3 cm³/mol. The standard InChI is InChI=1S/C14H19N3O2S/c1-4-5-9-12-15-16-14(20)17(12)13-10(18-2)7-6-8-11(13)19-3/h6-8H,4-5,9H2,1-3H3,(H,16,20). The van der Waals surface area contributed by atoms with Crippen LogP contribution in [-0.2, 0) is 6.42 Å². The van der Waals surface area contributed by atoms with E-state index in [1.165, 1.54) is 0 Å². The summed E-state index contributed by atoms with van der Waals surface area (Å²) in [4.78, 5) is 0. The Morgan fingerprint density at radius 1 is 1.15 bits per heavy atom. The van der Waals surface area contributed by atoms with E-state index < -0.39 is 0 Å². The van der Waals surface area contributed by atoms with Gasteiger partial charge in [0.1, 0.15) is 23.0 Å². The Morgan fingerprint density at radius 2 is 1.80 bits per heavy atom. The van der Waals surface area contributed by atoms with Crippen molar-refractivity contribution < 1.29 is 9.47 Å². The summed E-state index contributed by atoms with van der Waals surface area (Å²) in [6, 6.07) is 5.65. The average molecular weight is 293 g/mol. The molecule has 0 amide bonds. The number of methoxy groups -OCH3 is 2. The number of ether oxygens (including phenoxy) is 2. The van der Waals surface area contributed by atoms with Gasteiger partial charge in [-0.3, -0.25) is 4.57 Å². The van der Waals surface area contributed by atoms with Crippen LogP contribution in [0.3, 0.4) is 0 Å². The minimum Gasteiger partial charge on any atom is -0.494 e. The number of unbranched alkanes of at least 4 members (excludes halogenated alkanes) is 1. The number of nitrogens with zero attached hydrogens (tertiary/aromatic N) is 3. The molecule has 0 spiro atoms. The van der Waals surface area contributed by atoms with E-state index >= 15 is 0 Å². The molecule has 0 saturated carbocycles. The summed E-state index contributed by atoms with van der Waals surface area (Å²) in [6.45, 7) is 2.14. The van der Waals surface area contributed by atoms with Gasteiger partial charge in [0, 0.05) is 6.42 Å². The molecular formula is C14H19N3O2S. The molecule has 0 N–H and O–H groups in total. The highest BCUT2D eigenvalue weighted by molar-refractivity contribution is 7.80. The van der Waals surface area contributed by atoms with E-state index in [1.54, 1.807) is 14.2 Å². The third-order valence-corrected chi connectivity index (χ3v) is 3.38. The Morgan fingerprint density at radius 3 is 2.35 bits per heavy atom. The molecule has 0 radical (unpaired) electrons. The van der Waals surface area contributed by atoms with Crippen LogP contribution in [0.4, 0.5) is 0 Å². The molecule has 5 nitrogen and oxygen atoms in total. The van der Waals surface area contributed by atoms with Gasteiger partial charge in [0.15, 0.2) is 5.16 Å². The zero-order valence-corrected chi connectivity index (χ0v) is 12.9. The van der Waals surface area contributed by atoms with Crippen LogP contribution < -0.4 is 9.47 Å². The van der Waals surface area contributed by atoms with Gasteiger partial charge >= 0.3 is 0 Å². The van der Waals surface area contributed by atoms with Crippen LogP contribution in [0.2, 0.25) is 0 Å². The number of thiol groups is 1. The molecule has 0 unspecified atom stereocenters. The van der Waals surface area contributed by atoms with Crippen molar-refractivity contribution in [1.29, 1.82) is 0 Å². The van der Waals surface area contributed by atoms with E-state index in [4.69, 9.17) is 9.47 Å². The molecule has 0 aliphatic rings. The number of hydrogen-bond donors (Lipinski definition) is 1. The first kappa shape index (κ1) is 14.7. The lowest BCUT2D eigenvalue weighted by Crippen LogP contribution is -2.06. The van der Waals surface area contributed by atoms with Crippen LogP contribution in [-0.4, -0.2) is 29.0 Å². The van der Waals surface area contributed by atoms with Crippen molar-refractivity contribution in [2.75, 3.05) is 14.2 Å². The monoisotopic (exact) mass is 293 g/mol. The molecule has 0 bridgehead atoms. The first-order chi connectivity index (χ1) is 9.72. The molecule has 2 aromatic rings. The lowest BCUT2D eigenvalue weighted by Gasteiger charge is -2.15. The van der Waals surface area contributed by atoms with Crippen LogP contribution in [0.1, 0.15) is 25.6 Å². The number of benzene rings is 1. The fourth-order valence-electron chi connectivity index (χ4n) is 2.09. The summed E-state index contributed by atoms with van der Waals surface area (Å²) >= 11 is 4.40. The Kier molecular flexibility index (Phi) is 4.89. The number of aryl methyl sites for hydroxylation is 1. The molecular weight excluding hydrogens is 274 g/mol. The van der Waals surface area contributed by atoms with E-state index in [2.05, 4.69) is 29.7 Å². The van der Waals surface area contributed by atoms with E-state index in [0.717, 1.165) is 30.8 Å². The quantitative estimate of drug-likeness (QED) is 0.832. The minimum absolute atomic E-state index is 0.527. The maximum atomic E-state index is 5.44.